The quantitative estimate of drug-likeness (QED) is 0.854. The normalized spacial score (nSPS) is 10.5. The van der Waals surface area contributed by atoms with Gasteiger partial charge in [-0.3, -0.25) is 0 Å². The molecule has 2 aromatic rings. The van der Waals surface area contributed by atoms with Crippen LogP contribution in [0.3, 0.4) is 0 Å². The summed E-state index contributed by atoms with van der Waals surface area (Å²) in [5.41, 5.74) is 0. The van der Waals surface area contributed by atoms with Crippen molar-refractivity contribution in [2.75, 3.05) is 19.0 Å². The Morgan fingerprint density at radius 1 is 1.29 bits per heavy atom. The second kappa shape index (κ2) is 7.33. The summed E-state index contributed by atoms with van der Waals surface area (Å²) in [5, 5.41) is 2.92. The molecule has 0 saturated heterocycles. The Hall–Kier alpha value is -1.73. The minimum absolute atomic E-state index is 0.289. The summed E-state index contributed by atoms with van der Waals surface area (Å²) >= 11 is 3.09. The van der Waals surface area contributed by atoms with Crippen molar-refractivity contribution in [1.29, 1.82) is 0 Å². The molecule has 1 heterocycles. The molecule has 0 spiro atoms. The topological polar surface area (TPSA) is 56.3 Å². The lowest BCUT2D eigenvalue weighted by molar-refractivity contribution is 0.128. The van der Waals surface area contributed by atoms with Crippen molar-refractivity contribution in [2.45, 2.75) is 13.5 Å². The summed E-state index contributed by atoms with van der Waals surface area (Å²) in [5.74, 6) is 1.39. The van der Waals surface area contributed by atoms with E-state index in [1.54, 1.807) is 25.2 Å². The zero-order valence-electron chi connectivity index (χ0n) is 11.7. The number of nitrogens with zero attached hydrogens (tertiary/aromatic N) is 2. The first-order valence-corrected chi connectivity index (χ1v) is 7.18. The SMILES string of the molecule is CCOCc1nc(NC)cc(Oc2ccc(Br)c(F)c2)n1. The Labute approximate surface area is 130 Å². The van der Waals surface area contributed by atoms with Crippen molar-refractivity contribution in [3.05, 3.63) is 40.4 Å². The van der Waals surface area contributed by atoms with Crippen molar-refractivity contribution in [1.82, 2.24) is 9.97 Å². The van der Waals surface area contributed by atoms with Crippen LogP contribution in [0, 0.1) is 5.82 Å². The van der Waals surface area contributed by atoms with Crippen molar-refractivity contribution in [3.63, 3.8) is 0 Å². The number of halogens is 2. The van der Waals surface area contributed by atoms with E-state index >= 15 is 0 Å². The molecule has 7 heteroatoms. The Morgan fingerprint density at radius 2 is 2.10 bits per heavy atom. The third kappa shape index (κ3) is 4.37. The van der Waals surface area contributed by atoms with Gasteiger partial charge in [0.05, 0.1) is 4.47 Å². The lowest BCUT2D eigenvalue weighted by atomic mass is 10.3. The minimum atomic E-state index is -0.398. The highest BCUT2D eigenvalue weighted by molar-refractivity contribution is 9.10. The maximum atomic E-state index is 13.5. The van der Waals surface area contributed by atoms with Crippen molar-refractivity contribution in [2.24, 2.45) is 0 Å². The van der Waals surface area contributed by atoms with Crippen LogP contribution in [0.4, 0.5) is 10.2 Å². The number of benzene rings is 1. The summed E-state index contributed by atoms with van der Waals surface area (Å²) in [4.78, 5) is 8.49. The molecule has 0 amide bonds. The standard InChI is InChI=1S/C14H15BrFN3O2/c1-3-20-8-13-18-12(17-2)7-14(19-13)21-9-4-5-10(15)11(16)6-9/h4-7H,3,8H2,1-2H3,(H,17,18,19). The van der Waals surface area contributed by atoms with Gasteiger partial charge in [0.25, 0.3) is 0 Å². The molecule has 0 aliphatic rings. The highest BCUT2D eigenvalue weighted by atomic mass is 79.9. The Kier molecular flexibility index (Phi) is 5.46. The molecule has 0 aliphatic heterocycles. The Morgan fingerprint density at radius 3 is 2.76 bits per heavy atom. The van der Waals surface area contributed by atoms with Crippen LogP contribution in [0.15, 0.2) is 28.7 Å². The lowest BCUT2D eigenvalue weighted by Gasteiger charge is -2.09. The number of hydrogen-bond acceptors (Lipinski definition) is 5. The highest BCUT2D eigenvalue weighted by Gasteiger charge is 2.08. The average molecular weight is 356 g/mol. The van der Waals surface area contributed by atoms with E-state index in [1.165, 1.54) is 6.07 Å². The largest absolute Gasteiger partial charge is 0.439 e. The van der Waals surface area contributed by atoms with Crippen molar-refractivity contribution >= 4 is 21.7 Å². The molecule has 0 saturated carbocycles. The van der Waals surface area contributed by atoms with Gasteiger partial charge in [-0.05, 0) is 35.0 Å². The molecule has 1 N–H and O–H groups in total. The van der Waals surface area contributed by atoms with Gasteiger partial charge in [0.15, 0.2) is 5.82 Å². The maximum Gasteiger partial charge on any atom is 0.224 e. The molecular formula is C14H15BrFN3O2. The molecule has 1 aromatic carbocycles. The number of ether oxygens (including phenoxy) is 2. The monoisotopic (exact) mass is 355 g/mol. The zero-order chi connectivity index (χ0) is 15.2. The van der Waals surface area contributed by atoms with Gasteiger partial charge >= 0.3 is 0 Å². The molecule has 0 radical (unpaired) electrons. The first kappa shape index (κ1) is 15.7. The van der Waals surface area contributed by atoms with E-state index in [9.17, 15) is 4.39 Å². The van der Waals surface area contributed by atoms with E-state index in [2.05, 4.69) is 31.2 Å². The molecule has 5 nitrogen and oxygen atoms in total. The fourth-order valence-corrected chi connectivity index (χ4v) is 1.82. The van der Waals surface area contributed by atoms with Gasteiger partial charge in [0, 0.05) is 25.8 Å². The van der Waals surface area contributed by atoms with Gasteiger partial charge in [-0.2, -0.15) is 4.98 Å². The first-order chi connectivity index (χ1) is 10.1. The van der Waals surface area contributed by atoms with E-state index in [-0.39, 0.29) is 6.61 Å². The van der Waals surface area contributed by atoms with Crippen LogP contribution < -0.4 is 10.1 Å². The summed E-state index contributed by atoms with van der Waals surface area (Å²) in [6.07, 6.45) is 0. The van der Waals surface area contributed by atoms with Crippen LogP contribution in [0.25, 0.3) is 0 Å². The molecule has 112 valence electrons. The summed E-state index contributed by atoms with van der Waals surface area (Å²) < 4.78 is 24.7. The number of hydrogen-bond donors (Lipinski definition) is 1. The molecule has 21 heavy (non-hydrogen) atoms. The zero-order valence-corrected chi connectivity index (χ0v) is 13.3. The number of nitrogens with one attached hydrogen (secondary N) is 1. The second-order valence-corrected chi connectivity index (χ2v) is 4.93. The van der Waals surface area contributed by atoms with Crippen LogP contribution in [0.1, 0.15) is 12.7 Å². The molecule has 0 unspecified atom stereocenters. The molecule has 0 aliphatic carbocycles. The molecule has 2 rings (SSSR count). The van der Waals surface area contributed by atoms with Crippen LogP contribution in [0.2, 0.25) is 0 Å². The van der Waals surface area contributed by atoms with Gasteiger partial charge in [0.2, 0.25) is 5.88 Å². The lowest BCUT2D eigenvalue weighted by Crippen LogP contribution is -2.04. The Bertz CT molecular complexity index is 625. The van der Waals surface area contributed by atoms with E-state index in [0.29, 0.717) is 34.4 Å². The van der Waals surface area contributed by atoms with Crippen molar-refractivity contribution in [3.8, 4) is 11.6 Å². The van der Waals surface area contributed by atoms with Crippen LogP contribution >= 0.6 is 15.9 Å². The summed E-state index contributed by atoms with van der Waals surface area (Å²) in [6, 6.07) is 6.14. The van der Waals surface area contributed by atoms with Gasteiger partial charge in [-0.1, -0.05) is 0 Å². The molecule has 1 aromatic heterocycles. The Balaban J connectivity index is 2.23. The molecule has 0 fully saturated rings. The summed E-state index contributed by atoms with van der Waals surface area (Å²) in [7, 11) is 1.75. The van der Waals surface area contributed by atoms with Crippen molar-refractivity contribution < 1.29 is 13.9 Å². The third-order valence-electron chi connectivity index (χ3n) is 2.55. The smallest absolute Gasteiger partial charge is 0.224 e. The predicted octanol–water partition coefficient (Wildman–Crippen LogP) is 3.75. The van der Waals surface area contributed by atoms with Gasteiger partial charge in [-0.25, -0.2) is 9.37 Å². The number of anilines is 1. The van der Waals surface area contributed by atoms with E-state index < -0.39 is 5.82 Å². The fraction of sp³-hybridized carbons (Fsp3) is 0.286. The summed E-state index contributed by atoms with van der Waals surface area (Å²) in [6.45, 7) is 2.75. The minimum Gasteiger partial charge on any atom is -0.439 e. The van der Waals surface area contributed by atoms with E-state index in [4.69, 9.17) is 9.47 Å². The number of rotatable bonds is 6. The second-order valence-electron chi connectivity index (χ2n) is 4.07. The molecular weight excluding hydrogens is 341 g/mol. The van der Waals surface area contributed by atoms with Gasteiger partial charge in [0.1, 0.15) is 24.0 Å². The highest BCUT2D eigenvalue weighted by Crippen LogP contribution is 2.25. The average Bonchev–Trinajstić information content (AvgIpc) is 2.48. The molecule has 0 bridgehead atoms. The maximum absolute atomic E-state index is 13.5. The molecule has 0 atom stereocenters. The number of aromatic nitrogens is 2. The third-order valence-corrected chi connectivity index (χ3v) is 3.20. The first-order valence-electron chi connectivity index (χ1n) is 6.38. The van der Waals surface area contributed by atoms with Crippen LogP contribution in [-0.4, -0.2) is 23.6 Å². The van der Waals surface area contributed by atoms with Gasteiger partial charge in [-0.15, -0.1) is 0 Å². The van der Waals surface area contributed by atoms with E-state index in [0.717, 1.165) is 0 Å². The van der Waals surface area contributed by atoms with E-state index in [1.807, 2.05) is 6.92 Å². The van der Waals surface area contributed by atoms with Gasteiger partial charge < -0.3 is 14.8 Å². The fourth-order valence-electron chi connectivity index (χ4n) is 1.57. The predicted molar refractivity (Wildman–Crippen MR) is 81.1 cm³/mol. The van der Waals surface area contributed by atoms with Crippen LogP contribution in [-0.2, 0) is 11.3 Å². The van der Waals surface area contributed by atoms with Crippen LogP contribution in [0.5, 0.6) is 11.6 Å².